The molecule has 2 aromatic rings. The Hall–Kier alpha value is -2.36. The lowest BCUT2D eigenvalue weighted by Gasteiger charge is -2.17. The van der Waals surface area contributed by atoms with Crippen molar-refractivity contribution in [3.63, 3.8) is 0 Å². The normalized spacial score (nSPS) is 18.2. The van der Waals surface area contributed by atoms with Gasteiger partial charge in [-0.25, -0.2) is 4.98 Å². The largest absolute Gasteiger partial charge is 0.384 e. The second-order valence-electron chi connectivity index (χ2n) is 5.65. The van der Waals surface area contributed by atoms with Gasteiger partial charge in [-0.3, -0.25) is 4.79 Å². The molecule has 4 nitrogen and oxygen atoms in total. The van der Waals surface area contributed by atoms with Gasteiger partial charge in [0, 0.05) is 24.8 Å². The molecule has 0 spiro atoms. The molecule has 21 heavy (non-hydrogen) atoms. The first kappa shape index (κ1) is 13.6. The SMILES string of the molecule is Cc1cc(N)ncc1CC1CC(=O)N(c2ccccc2)C1. The van der Waals surface area contributed by atoms with Gasteiger partial charge in [-0.1, -0.05) is 18.2 Å². The molecule has 2 N–H and O–H groups in total. The van der Waals surface area contributed by atoms with E-state index in [1.807, 2.05) is 54.4 Å². The third-order valence-electron chi connectivity index (χ3n) is 4.02. The Balaban J connectivity index is 1.73. The standard InChI is InChI=1S/C17H19N3O/c1-12-7-16(18)19-10-14(12)8-13-9-17(21)20(11-13)15-5-3-2-4-6-15/h2-7,10,13H,8-9,11H2,1H3,(H2,18,19). The minimum Gasteiger partial charge on any atom is -0.384 e. The molecule has 108 valence electrons. The average molecular weight is 281 g/mol. The third kappa shape index (κ3) is 2.89. The van der Waals surface area contributed by atoms with Crippen LogP contribution in [0.3, 0.4) is 0 Å². The summed E-state index contributed by atoms with van der Waals surface area (Å²) in [5.74, 6) is 1.08. The minimum absolute atomic E-state index is 0.201. The number of amides is 1. The fourth-order valence-electron chi connectivity index (χ4n) is 2.91. The number of hydrogen-bond acceptors (Lipinski definition) is 3. The quantitative estimate of drug-likeness (QED) is 0.940. The Morgan fingerprint density at radius 2 is 2.10 bits per heavy atom. The predicted octanol–water partition coefficient (Wildman–Crippen LogP) is 2.57. The topological polar surface area (TPSA) is 59.2 Å². The molecule has 3 rings (SSSR count). The number of carbonyl (C=O) groups excluding carboxylic acids is 1. The van der Waals surface area contributed by atoms with Crippen LogP contribution >= 0.6 is 0 Å². The summed E-state index contributed by atoms with van der Waals surface area (Å²) >= 11 is 0. The molecular formula is C17H19N3O. The van der Waals surface area contributed by atoms with Crippen molar-refractivity contribution in [2.75, 3.05) is 17.2 Å². The van der Waals surface area contributed by atoms with Crippen LogP contribution in [0.25, 0.3) is 0 Å². The van der Waals surface area contributed by atoms with Crippen LogP contribution in [-0.4, -0.2) is 17.4 Å². The van der Waals surface area contributed by atoms with Crippen molar-refractivity contribution in [3.05, 3.63) is 53.7 Å². The zero-order valence-corrected chi connectivity index (χ0v) is 12.1. The summed E-state index contributed by atoms with van der Waals surface area (Å²) in [6.45, 7) is 2.81. The first-order valence-electron chi connectivity index (χ1n) is 7.20. The van der Waals surface area contributed by atoms with Crippen molar-refractivity contribution >= 4 is 17.4 Å². The van der Waals surface area contributed by atoms with Gasteiger partial charge in [0.1, 0.15) is 5.82 Å². The highest BCUT2D eigenvalue weighted by Gasteiger charge is 2.30. The number of benzene rings is 1. The molecule has 1 saturated heterocycles. The minimum atomic E-state index is 0.201. The highest BCUT2D eigenvalue weighted by molar-refractivity contribution is 5.95. The van der Waals surface area contributed by atoms with Crippen LogP contribution in [-0.2, 0) is 11.2 Å². The van der Waals surface area contributed by atoms with Gasteiger partial charge >= 0.3 is 0 Å². The van der Waals surface area contributed by atoms with Crippen LogP contribution in [0.1, 0.15) is 17.5 Å². The molecule has 0 radical (unpaired) electrons. The fraction of sp³-hybridized carbons (Fsp3) is 0.294. The van der Waals surface area contributed by atoms with Gasteiger partial charge in [0.05, 0.1) is 0 Å². The lowest BCUT2D eigenvalue weighted by Crippen LogP contribution is -2.24. The molecule has 4 heteroatoms. The molecule has 1 aliphatic heterocycles. The van der Waals surface area contributed by atoms with Gasteiger partial charge < -0.3 is 10.6 Å². The Morgan fingerprint density at radius 1 is 1.33 bits per heavy atom. The Kier molecular flexibility index (Phi) is 3.60. The van der Waals surface area contributed by atoms with Crippen LogP contribution in [0.5, 0.6) is 0 Å². The van der Waals surface area contributed by atoms with E-state index in [0.29, 0.717) is 18.2 Å². The van der Waals surface area contributed by atoms with E-state index in [1.165, 1.54) is 5.56 Å². The molecule has 1 aromatic carbocycles. The smallest absolute Gasteiger partial charge is 0.227 e. The zero-order chi connectivity index (χ0) is 14.8. The summed E-state index contributed by atoms with van der Waals surface area (Å²) in [5, 5.41) is 0. The van der Waals surface area contributed by atoms with Crippen molar-refractivity contribution in [2.24, 2.45) is 5.92 Å². The zero-order valence-electron chi connectivity index (χ0n) is 12.1. The highest BCUT2D eigenvalue weighted by atomic mass is 16.2. The number of aromatic nitrogens is 1. The van der Waals surface area contributed by atoms with Crippen molar-refractivity contribution in [1.29, 1.82) is 0 Å². The van der Waals surface area contributed by atoms with E-state index in [2.05, 4.69) is 4.98 Å². The summed E-state index contributed by atoms with van der Waals surface area (Å²) in [4.78, 5) is 18.2. The van der Waals surface area contributed by atoms with E-state index in [9.17, 15) is 4.79 Å². The fourth-order valence-corrected chi connectivity index (χ4v) is 2.91. The van der Waals surface area contributed by atoms with Gasteiger partial charge in [0.25, 0.3) is 0 Å². The number of anilines is 2. The predicted molar refractivity (Wildman–Crippen MR) is 84.0 cm³/mol. The van der Waals surface area contributed by atoms with E-state index >= 15 is 0 Å². The summed E-state index contributed by atoms with van der Waals surface area (Å²) in [7, 11) is 0. The monoisotopic (exact) mass is 281 g/mol. The number of carbonyl (C=O) groups is 1. The summed E-state index contributed by atoms with van der Waals surface area (Å²) in [6, 6.07) is 11.7. The maximum Gasteiger partial charge on any atom is 0.227 e. The van der Waals surface area contributed by atoms with Crippen LogP contribution < -0.4 is 10.6 Å². The number of nitrogen functional groups attached to an aromatic ring is 1. The first-order chi connectivity index (χ1) is 10.1. The van der Waals surface area contributed by atoms with E-state index in [-0.39, 0.29) is 5.91 Å². The van der Waals surface area contributed by atoms with Gasteiger partial charge in [0.2, 0.25) is 5.91 Å². The summed E-state index contributed by atoms with van der Waals surface area (Å²) < 4.78 is 0. The van der Waals surface area contributed by atoms with Crippen molar-refractivity contribution < 1.29 is 4.79 Å². The average Bonchev–Trinajstić information content (AvgIpc) is 2.84. The van der Waals surface area contributed by atoms with Gasteiger partial charge in [-0.05, 0) is 48.6 Å². The Morgan fingerprint density at radius 3 is 2.81 bits per heavy atom. The van der Waals surface area contributed by atoms with E-state index in [4.69, 9.17) is 5.73 Å². The molecule has 1 aromatic heterocycles. The van der Waals surface area contributed by atoms with E-state index < -0.39 is 0 Å². The molecule has 1 aliphatic rings. The van der Waals surface area contributed by atoms with Crippen molar-refractivity contribution in [3.8, 4) is 0 Å². The second kappa shape index (κ2) is 5.56. The maximum absolute atomic E-state index is 12.2. The Bertz CT molecular complexity index is 654. The van der Waals surface area contributed by atoms with Crippen molar-refractivity contribution in [2.45, 2.75) is 19.8 Å². The highest BCUT2D eigenvalue weighted by Crippen LogP contribution is 2.27. The molecule has 1 fully saturated rings. The first-order valence-corrected chi connectivity index (χ1v) is 7.20. The number of pyridine rings is 1. The maximum atomic E-state index is 12.2. The molecule has 2 heterocycles. The number of hydrogen-bond donors (Lipinski definition) is 1. The number of nitrogens with zero attached hydrogens (tertiary/aromatic N) is 2. The molecule has 1 atom stereocenters. The van der Waals surface area contributed by atoms with Crippen LogP contribution in [0.2, 0.25) is 0 Å². The summed E-state index contributed by atoms with van der Waals surface area (Å²) in [5.41, 5.74) is 8.99. The number of aryl methyl sites for hydroxylation is 1. The lowest BCUT2D eigenvalue weighted by atomic mass is 9.97. The molecule has 1 amide bonds. The summed E-state index contributed by atoms with van der Waals surface area (Å²) in [6.07, 6.45) is 3.30. The van der Waals surface area contributed by atoms with Crippen LogP contribution in [0.4, 0.5) is 11.5 Å². The number of rotatable bonds is 3. The number of para-hydroxylation sites is 1. The molecule has 1 unspecified atom stereocenters. The Labute approximate surface area is 124 Å². The van der Waals surface area contributed by atoms with Gasteiger partial charge in [0.15, 0.2) is 0 Å². The second-order valence-corrected chi connectivity index (χ2v) is 5.65. The van der Waals surface area contributed by atoms with Crippen LogP contribution in [0, 0.1) is 12.8 Å². The lowest BCUT2D eigenvalue weighted by molar-refractivity contribution is -0.117. The molecular weight excluding hydrogens is 262 g/mol. The van der Waals surface area contributed by atoms with E-state index in [0.717, 1.165) is 24.2 Å². The molecule has 0 aliphatic carbocycles. The number of nitrogens with two attached hydrogens (primary N) is 1. The van der Waals surface area contributed by atoms with E-state index in [1.54, 1.807) is 0 Å². The van der Waals surface area contributed by atoms with Crippen molar-refractivity contribution in [1.82, 2.24) is 4.98 Å². The molecule has 0 saturated carbocycles. The van der Waals surface area contributed by atoms with Gasteiger partial charge in [-0.15, -0.1) is 0 Å². The third-order valence-corrected chi connectivity index (χ3v) is 4.02. The van der Waals surface area contributed by atoms with Crippen LogP contribution in [0.15, 0.2) is 42.6 Å². The molecule has 0 bridgehead atoms. The van der Waals surface area contributed by atoms with Gasteiger partial charge in [-0.2, -0.15) is 0 Å².